The summed E-state index contributed by atoms with van der Waals surface area (Å²) in [4.78, 5) is 26.0. The van der Waals surface area contributed by atoms with Gasteiger partial charge in [-0.25, -0.2) is 9.97 Å². The highest BCUT2D eigenvalue weighted by atomic mass is 16.5. The summed E-state index contributed by atoms with van der Waals surface area (Å²) in [7, 11) is 1.56. The highest BCUT2D eigenvalue weighted by molar-refractivity contribution is 5.94. The third-order valence-electron chi connectivity index (χ3n) is 3.78. The Labute approximate surface area is 123 Å². The molecular formula is C15H18N4O2. The van der Waals surface area contributed by atoms with Crippen molar-refractivity contribution >= 4 is 5.91 Å². The second kappa shape index (κ2) is 5.55. The first-order valence-corrected chi connectivity index (χ1v) is 6.98. The number of carbonyl (C=O) groups is 1. The molecule has 1 atom stereocenters. The van der Waals surface area contributed by atoms with E-state index in [1.54, 1.807) is 25.4 Å². The van der Waals surface area contributed by atoms with E-state index in [4.69, 9.17) is 4.74 Å². The molecule has 21 heavy (non-hydrogen) atoms. The van der Waals surface area contributed by atoms with Crippen LogP contribution in [0.25, 0.3) is 0 Å². The van der Waals surface area contributed by atoms with Crippen molar-refractivity contribution in [1.29, 1.82) is 0 Å². The van der Waals surface area contributed by atoms with Crippen molar-refractivity contribution in [3.63, 3.8) is 0 Å². The molecule has 1 aliphatic heterocycles. The molecule has 6 nitrogen and oxygen atoms in total. The fourth-order valence-corrected chi connectivity index (χ4v) is 2.62. The summed E-state index contributed by atoms with van der Waals surface area (Å²) in [6, 6.07) is 3.45. The number of rotatable bonds is 3. The van der Waals surface area contributed by atoms with Crippen molar-refractivity contribution in [2.75, 3.05) is 20.2 Å². The zero-order chi connectivity index (χ0) is 14.8. The van der Waals surface area contributed by atoms with Gasteiger partial charge in [-0.3, -0.25) is 4.79 Å². The van der Waals surface area contributed by atoms with Crippen molar-refractivity contribution in [2.24, 2.45) is 0 Å². The molecule has 2 aromatic rings. The predicted octanol–water partition coefficient (Wildman–Crippen LogP) is 1.75. The lowest BCUT2D eigenvalue weighted by Crippen LogP contribution is -2.28. The van der Waals surface area contributed by atoms with Gasteiger partial charge in [0.15, 0.2) is 0 Å². The van der Waals surface area contributed by atoms with E-state index in [1.807, 2.05) is 18.0 Å². The minimum Gasteiger partial charge on any atom is -0.481 e. The smallest absolute Gasteiger partial charge is 0.255 e. The second-order valence-corrected chi connectivity index (χ2v) is 5.28. The van der Waals surface area contributed by atoms with Crippen LogP contribution in [0.15, 0.2) is 24.5 Å². The maximum atomic E-state index is 12.4. The third kappa shape index (κ3) is 2.74. The summed E-state index contributed by atoms with van der Waals surface area (Å²) in [5.74, 6) is 1.78. The van der Waals surface area contributed by atoms with Crippen LogP contribution in [-0.2, 0) is 0 Å². The number of nitrogens with one attached hydrogen (secondary N) is 1. The van der Waals surface area contributed by atoms with Crippen LogP contribution in [0.4, 0.5) is 0 Å². The number of aromatic amines is 1. The van der Waals surface area contributed by atoms with Gasteiger partial charge in [-0.15, -0.1) is 0 Å². The molecule has 3 rings (SSSR count). The Morgan fingerprint density at radius 1 is 1.38 bits per heavy atom. The van der Waals surface area contributed by atoms with E-state index < -0.39 is 0 Å². The fraction of sp³-hybridized carbons (Fsp3) is 0.400. The fourth-order valence-electron chi connectivity index (χ4n) is 2.62. The Balaban J connectivity index is 1.68. The Hall–Kier alpha value is -2.37. The average Bonchev–Trinajstić information content (AvgIpc) is 3.15. The molecule has 1 saturated heterocycles. The van der Waals surface area contributed by atoms with Crippen LogP contribution >= 0.6 is 0 Å². The van der Waals surface area contributed by atoms with Crippen LogP contribution in [0.1, 0.15) is 34.2 Å². The third-order valence-corrected chi connectivity index (χ3v) is 3.78. The number of hydrogen-bond acceptors (Lipinski definition) is 4. The number of H-pyrrole nitrogens is 1. The lowest BCUT2D eigenvalue weighted by Gasteiger charge is -2.16. The number of methoxy groups -OCH3 is 1. The Bertz CT molecular complexity index is 635. The van der Waals surface area contributed by atoms with E-state index in [0.717, 1.165) is 24.5 Å². The highest BCUT2D eigenvalue weighted by Gasteiger charge is 2.29. The molecule has 1 unspecified atom stereocenters. The minimum atomic E-state index is 0.0101. The number of pyridine rings is 1. The van der Waals surface area contributed by atoms with E-state index in [0.29, 0.717) is 18.0 Å². The van der Waals surface area contributed by atoms with Crippen molar-refractivity contribution < 1.29 is 9.53 Å². The first-order valence-electron chi connectivity index (χ1n) is 6.98. The molecule has 0 saturated carbocycles. The number of ether oxygens (including phenoxy) is 1. The van der Waals surface area contributed by atoms with Gasteiger partial charge in [0.1, 0.15) is 5.82 Å². The van der Waals surface area contributed by atoms with Crippen molar-refractivity contribution in [1.82, 2.24) is 19.9 Å². The molecular weight excluding hydrogens is 268 g/mol. The van der Waals surface area contributed by atoms with Gasteiger partial charge >= 0.3 is 0 Å². The summed E-state index contributed by atoms with van der Waals surface area (Å²) in [5, 5.41) is 0. The lowest BCUT2D eigenvalue weighted by molar-refractivity contribution is 0.0790. The molecule has 0 bridgehead atoms. The number of likely N-dealkylation sites (tertiary alicyclic amines) is 1. The van der Waals surface area contributed by atoms with Crippen LogP contribution in [0.2, 0.25) is 0 Å². The summed E-state index contributed by atoms with van der Waals surface area (Å²) >= 11 is 0. The van der Waals surface area contributed by atoms with Crippen molar-refractivity contribution in [3.05, 3.63) is 41.6 Å². The van der Waals surface area contributed by atoms with Crippen LogP contribution in [0.5, 0.6) is 5.88 Å². The standard InChI is InChI=1S/C15H18N4O2/c1-10-7-17-14(18-10)12-5-6-19(9-12)15(20)11-3-4-13(21-2)16-8-11/h3-4,7-8,12H,5-6,9H2,1-2H3,(H,17,18). The van der Waals surface area contributed by atoms with Crippen LogP contribution in [0, 0.1) is 6.92 Å². The van der Waals surface area contributed by atoms with E-state index in [1.165, 1.54) is 0 Å². The SMILES string of the molecule is COc1ccc(C(=O)N2CCC(c3ncc(C)[nH]3)C2)cn1. The number of amides is 1. The number of imidazole rings is 1. The predicted molar refractivity (Wildman–Crippen MR) is 77.4 cm³/mol. The summed E-state index contributed by atoms with van der Waals surface area (Å²) < 4.78 is 5.00. The zero-order valence-corrected chi connectivity index (χ0v) is 12.2. The summed E-state index contributed by atoms with van der Waals surface area (Å²) in [6.45, 7) is 3.42. The molecule has 0 aromatic carbocycles. The molecule has 0 spiro atoms. The largest absolute Gasteiger partial charge is 0.481 e. The molecule has 3 heterocycles. The maximum Gasteiger partial charge on any atom is 0.255 e. The number of aromatic nitrogens is 3. The Morgan fingerprint density at radius 2 is 2.24 bits per heavy atom. The molecule has 2 aromatic heterocycles. The minimum absolute atomic E-state index is 0.0101. The zero-order valence-electron chi connectivity index (χ0n) is 12.2. The van der Waals surface area contributed by atoms with Crippen LogP contribution in [0.3, 0.4) is 0 Å². The molecule has 1 aliphatic rings. The van der Waals surface area contributed by atoms with Gasteiger partial charge in [-0.05, 0) is 19.4 Å². The van der Waals surface area contributed by atoms with Gasteiger partial charge in [0.05, 0.1) is 12.7 Å². The second-order valence-electron chi connectivity index (χ2n) is 5.28. The Kier molecular flexibility index (Phi) is 3.60. The number of carbonyl (C=O) groups excluding carboxylic acids is 1. The molecule has 0 aliphatic carbocycles. The van der Waals surface area contributed by atoms with E-state index in [9.17, 15) is 4.79 Å². The van der Waals surface area contributed by atoms with Gasteiger partial charge in [-0.1, -0.05) is 0 Å². The van der Waals surface area contributed by atoms with Gasteiger partial charge in [0.25, 0.3) is 5.91 Å². The van der Waals surface area contributed by atoms with E-state index >= 15 is 0 Å². The monoisotopic (exact) mass is 286 g/mol. The average molecular weight is 286 g/mol. The molecule has 0 radical (unpaired) electrons. The van der Waals surface area contributed by atoms with Crippen molar-refractivity contribution in [2.45, 2.75) is 19.3 Å². The van der Waals surface area contributed by atoms with Crippen molar-refractivity contribution in [3.8, 4) is 5.88 Å². The topological polar surface area (TPSA) is 71.1 Å². The number of aryl methyl sites for hydroxylation is 1. The highest BCUT2D eigenvalue weighted by Crippen LogP contribution is 2.26. The first kappa shape index (κ1) is 13.6. The van der Waals surface area contributed by atoms with Gasteiger partial charge in [0, 0.05) is 43.2 Å². The molecule has 1 N–H and O–H groups in total. The molecule has 1 fully saturated rings. The van der Waals surface area contributed by atoms with Crippen LogP contribution in [-0.4, -0.2) is 46.0 Å². The van der Waals surface area contributed by atoms with Gasteiger partial charge < -0.3 is 14.6 Å². The quantitative estimate of drug-likeness (QED) is 0.933. The van der Waals surface area contributed by atoms with Gasteiger partial charge in [0.2, 0.25) is 5.88 Å². The summed E-state index contributed by atoms with van der Waals surface area (Å²) in [5.41, 5.74) is 1.64. The molecule has 110 valence electrons. The normalized spacial score (nSPS) is 18.0. The number of nitrogens with zero attached hydrogens (tertiary/aromatic N) is 3. The van der Waals surface area contributed by atoms with E-state index in [2.05, 4.69) is 15.0 Å². The first-order chi connectivity index (χ1) is 10.2. The molecule has 1 amide bonds. The van der Waals surface area contributed by atoms with Crippen LogP contribution < -0.4 is 4.74 Å². The Morgan fingerprint density at radius 3 is 2.86 bits per heavy atom. The number of hydrogen-bond donors (Lipinski definition) is 1. The maximum absolute atomic E-state index is 12.4. The van der Waals surface area contributed by atoms with Gasteiger partial charge in [-0.2, -0.15) is 0 Å². The summed E-state index contributed by atoms with van der Waals surface area (Å²) in [6.07, 6.45) is 4.32. The van der Waals surface area contributed by atoms with E-state index in [-0.39, 0.29) is 11.8 Å². The molecule has 6 heteroatoms. The lowest BCUT2D eigenvalue weighted by atomic mass is 10.1.